The summed E-state index contributed by atoms with van der Waals surface area (Å²) in [6, 6.07) is 9.44. The number of benzene rings is 1. The van der Waals surface area contributed by atoms with Gasteiger partial charge in [0.2, 0.25) is 0 Å². The highest BCUT2D eigenvalue weighted by atomic mass is 16.5. The van der Waals surface area contributed by atoms with Crippen LogP contribution < -0.4 is 15.6 Å². The summed E-state index contributed by atoms with van der Waals surface area (Å²) >= 11 is 0. The Kier molecular flexibility index (Phi) is 3.51. The van der Waals surface area contributed by atoms with Crippen LogP contribution in [0.3, 0.4) is 0 Å². The summed E-state index contributed by atoms with van der Waals surface area (Å²) < 4.78 is 5.67. The molecule has 0 bridgehead atoms. The summed E-state index contributed by atoms with van der Waals surface area (Å²) in [6.07, 6.45) is 2.25. The van der Waals surface area contributed by atoms with E-state index in [0.29, 0.717) is 23.8 Å². The predicted octanol–water partition coefficient (Wildman–Crippen LogP) is 1.91. The second-order valence-electron chi connectivity index (χ2n) is 5.05. The third-order valence-electron chi connectivity index (χ3n) is 3.67. The number of ether oxygens (including phenoxy) is 1. The summed E-state index contributed by atoms with van der Waals surface area (Å²) in [5.74, 6) is 1.27. The third kappa shape index (κ3) is 2.79. The van der Waals surface area contributed by atoms with Crippen molar-refractivity contribution in [2.24, 2.45) is 5.92 Å². The van der Waals surface area contributed by atoms with Crippen LogP contribution in [0.4, 0.5) is 0 Å². The van der Waals surface area contributed by atoms with Crippen LogP contribution >= 0.6 is 0 Å². The first kappa shape index (κ1) is 12.2. The van der Waals surface area contributed by atoms with E-state index in [2.05, 4.69) is 10.3 Å². The first-order chi connectivity index (χ1) is 9.33. The van der Waals surface area contributed by atoms with E-state index in [9.17, 15) is 4.79 Å². The molecule has 0 saturated carbocycles. The highest BCUT2D eigenvalue weighted by Gasteiger charge is 2.14. The number of aromatic nitrogens is 1. The Hall–Kier alpha value is -1.81. The van der Waals surface area contributed by atoms with Crippen molar-refractivity contribution in [1.29, 1.82) is 0 Å². The molecule has 1 atom stereocenters. The smallest absolute Gasteiger partial charge is 0.258 e. The lowest BCUT2D eigenvalue weighted by Gasteiger charge is -2.10. The molecule has 1 saturated heterocycles. The quantitative estimate of drug-likeness (QED) is 0.880. The van der Waals surface area contributed by atoms with E-state index >= 15 is 0 Å². The fraction of sp³-hybridized carbons (Fsp3) is 0.400. The maximum atomic E-state index is 11.9. The lowest BCUT2D eigenvalue weighted by Crippen LogP contribution is -2.13. The Morgan fingerprint density at radius 3 is 3.05 bits per heavy atom. The number of rotatable bonds is 4. The highest BCUT2D eigenvalue weighted by molar-refractivity contribution is 5.82. The largest absolute Gasteiger partial charge is 0.479 e. The van der Waals surface area contributed by atoms with Gasteiger partial charge in [-0.25, -0.2) is 0 Å². The van der Waals surface area contributed by atoms with Gasteiger partial charge in [-0.2, -0.15) is 0 Å². The molecule has 1 unspecified atom stereocenters. The Labute approximate surface area is 111 Å². The van der Waals surface area contributed by atoms with Gasteiger partial charge in [-0.1, -0.05) is 18.2 Å². The molecule has 1 aliphatic rings. The van der Waals surface area contributed by atoms with Crippen LogP contribution in [-0.2, 0) is 0 Å². The fourth-order valence-corrected chi connectivity index (χ4v) is 2.56. The van der Waals surface area contributed by atoms with Gasteiger partial charge in [0.15, 0.2) is 5.88 Å². The molecule has 2 N–H and O–H groups in total. The van der Waals surface area contributed by atoms with Gasteiger partial charge in [-0.3, -0.25) is 9.78 Å². The molecule has 2 aromatic rings. The Morgan fingerprint density at radius 2 is 2.21 bits per heavy atom. The van der Waals surface area contributed by atoms with Gasteiger partial charge in [0, 0.05) is 11.5 Å². The Morgan fingerprint density at radius 1 is 1.32 bits per heavy atom. The zero-order valence-corrected chi connectivity index (χ0v) is 10.8. The first-order valence-corrected chi connectivity index (χ1v) is 6.78. The summed E-state index contributed by atoms with van der Waals surface area (Å²) in [7, 11) is 0. The molecule has 1 fully saturated rings. The van der Waals surface area contributed by atoms with Crippen molar-refractivity contribution in [3.8, 4) is 5.88 Å². The molecule has 1 aliphatic heterocycles. The van der Waals surface area contributed by atoms with E-state index in [0.717, 1.165) is 24.9 Å². The topological polar surface area (TPSA) is 54.1 Å². The molecular weight excluding hydrogens is 240 g/mol. The van der Waals surface area contributed by atoms with E-state index in [1.54, 1.807) is 0 Å². The monoisotopic (exact) mass is 258 g/mol. The second-order valence-corrected chi connectivity index (χ2v) is 5.05. The maximum absolute atomic E-state index is 11.9. The number of H-pyrrole nitrogens is 1. The number of nitrogens with one attached hydrogen (secondary N) is 2. The first-order valence-electron chi connectivity index (χ1n) is 6.78. The molecule has 1 aromatic carbocycles. The minimum Gasteiger partial charge on any atom is -0.479 e. The molecule has 0 radical (unpaired) electrons. The molecule has 1 aromatic heterocycles. The number of fused-ring (bicyclic) bond motifs is 1. The molecule has 4 nitrogen and oxygen atoms in total. The number of hydrogen-bond donors (Lipinski definition) is 2. The number of aromatic amines is 1. The van der Waals surface area contributed by atoms with Crippen LogP contribution in [0.1, 0.15) is 12.8 Å². The molecule has 19 heavy (non-hydrogen) atoms. The Bertz CT molecular complexity index is 615. The van der Waals surface area contributed by atoms with Gasteiger partial charge in [-0.05, 0) is 43.3 Å². The van der Waals surface area contributed by atoms with Gasteiger partial charge in [-0.15, -0.1) is 0 Å². The molecule has 100 valence electrons. The van der Waals surface area contributed by atoms with Crippen molar-refractivity contribution in [2.45, 2.75) is 12.8 Å². The van der Waals surface area contributed by atoms with Gasteiger partial charge < -0.3 is 10.1 Å². The predicted molar refractivity (Wildman–Crippen MR) is 75.7 cm³/mol. The molecule has 3 rings (SSSR count). The van der Waals surface area contributed by atoms with Gasteiger partial charge in [0.1, 0.15) is 0 Å². The van der Waals surface area contributed by atoms with E-state index in [1.165, 1.54) is 6.42 Å². The number of hydrogen-bond acceptors (Lipinski definition) is 3. The SMILES string of the molecule is O=c1[nH]c(OCCC2CCNC2)cc2ccccc12. The molecule has 0 aliphatic carbocycles. The van der Waals surface area contributed by atoms with E-state index in [1.807, 2.05) is 30.3 Å². The van der Waals surface area contributed by atoms with Gasteiger partial charge in [0.25, 0.3) is 5.56 Å². The summed E-state index contributed by atoms with van der Waals surface area (Å²) in [5, 5.41) is 4.96. The van der Waals surface area contributed by atoms with Crippen LogP contribution in [0, 0.1) is 5.92 Å². The van der Waals surface area contributed by atoms with Crippen molar-refractivity contribution in [3.63, 3.8) is 0 Å². The van der Waals surface area contributed by atoms with Crippen molar-refractivity contribution in [2.75, 3.05) is 19.7 Å². The van der Waals surface area contributed by atoms with E-state index < -0.39 is 0 Å². The standard InChI is InChI=1S/C15H18N2O2/c18-15-13-4-2-1-3-12(13)9-14(17-15)19-8-6-11-5-7-16-10-11/h1-4,9,11,16H,5-8,10H2,(H,17,18). The average molecular weight is 258 g/mol. The van der Waals surface area contributed by atoms with Crippen LogP contribution in [-0.4, -0.2) is 24.7 Å². The lowest BCUT2D eigenvalue weighted by atomic mass is 10.1. The molecule has 2 heterocycles. The van der Waals surface area contributed by atoms with Crippen molar-refractivity contribution in [1.82, 2.24) is 10.3 Å². The maximum Gasteiger partial charge on any atom is 0.258 e. The molecule has 4 heteroatoms. The normalized spacial score (nSPS) is 18.8. The Balaban J connectivity index is 1.69. The van der Waals surface area contributed by atoms with Crippen molar-refractivity contribution in [3.05, 3.63) is 40.7 Å². The third-order valence-corrected chi connectivity index (χ3v) is 3.67. The van der Waals surface area contributed by atoms with Gasteiger partial charge in [0.05, 0.1) is 6.61 Å². The number of pyridine rings is 1. The second kappa shape index (κ2) is 5.45. The van der Waals surface area contributed by atoms with Gasteiger partial charge >= 0.3 is 0 Å². The van der Waals surface area contributed by atoms with E-state index in [-0.39, 0.29) is 5.56 Å². The van der Waals surface area contributed by atoms with Crippen molar-refractivity contribution < 1.29 is 4.74 Å². The van der Waals surface area contributed by atoms with Crippen LogP contribution in [0.5, 0.6) is 5.88 Å². The summed E-state index contributed by atoms with van der Waals surface area (Å²) in [5.41, 5.74) is -0.0874. The van der Waals surface area contributed by atoms with E-state index in [4.69, 9.17) is 4.74 Å². The summed E-state index contributed by atoms with van der Waals surface area (Å²) in [4.78, 5) is 14.7. The minimum absolute atomic E-state index is 0.0874. The highest BCUT2D eigenvalue weighted by Crippen LogP contribution is 2.16. The molecule has 0 amide bonds. The zero-order chi connectivity index (χ0) is 13.1. The van der Waals surface area contributed by atoms with Crippen molar-refractivity contribution >= 4 is 10.8 Å². The lowest BCUT2D eigenvalue weighted by molar-refractivity contribution is 0.274. The molecular formula is C15H18N2O2. The minimum atomic E-state index is -0.0874. The molecule has 0 spiro atoms. The average Bonchev–Trinajstić information content (AvgIpc) is 2.92. The zero-order valence-electron chi connectivity index (χ0n) is 10.8. The van der Waals surface area contributed by atoms with Crippen LogP contribution in [0.2, 0.25) is 0 Å². The fourth-order valence-electron chi connectivity index (χ4n) is 2.56. The van der Waals surface area contributed by atoms with Crippen LogP contribution in [0.25, 0.3) is 10.8 Å². The summed E-state index contributed by atoms with van der Waals surface area (Å²) in [6.45, 7) is 2.84. The van der Waals surface area contributed by atoms with Crippen LogP contribution in [0.15, 0.2) is 35.1 Å².